The quantitative estimate of drug-likeness (QED) is 0.840. The summed E-state index contributed by atoms with van der Waals surface area (Å²) < 4.78 is 9.38. The van der Waals surface area contributed by atoms with E-state index in [0.717, 1.165) is 5.03 Å². The molecule has 3 rings (SSSR count). The number of rotatable bonds is 3. The van der Waals surface area contributed by atoms with Crippen LogP contribution in [0.5, 0.6) is 0 Å². The second-order valence-corrected chi connectivity index (χ2v) is 6.17. The molecule has 1 aliphatic rings. The van der Waals surface area contributed by atoms with Crippen LogP contribution in [0.1, 0.15) is 32.1 Å². The summed E-state index contributed by atoms with van der Waals surface area (Å²) in [6.45, 7) is 0. The Bertz CT molecular complexity index is 489. The number of aromatic nitrogens is 1. The summed E-state index contributed by atoms with van der Waals surface area (Å²) in [4.78, 5) is 0. The van der Waals surface area contributed by atoms with Crippen LogP contribution in [-0.4, -0.2) is 10.4 Å². The third-order valence-corrected chi connectivity index (χ3v) is 5.17. The third kappa shape index (κ3) is 2.64. The van der Waals surface area contributed by atoms with E-state index in [-0.39, 0.29) is 0 Å². The topological polar surface area (TPSA) is 24.9 Å². The van der Waals surface area contributed by atoms with Crippen LogP contribution in [0.25, 0.3) is 10.1 Å². The van der Waals surface area contributed by atoms with Gasteiger partial charge >= 0.3 is 0 Å². The molecule has 0 bridgehead atoms. The molecule has 90 valence electrons. The van der Waals surface area contributed by atoms with Crippen molar-refractivity contribution in [2.45, 2.75) is 43.2 Å². The van der Waals surface area contributed by atoms with Crippen LogP contribution >= 0.6 is 23.5 Å². The number of fused-ring (bicyclic) bond motifs is 1. The second-order valence-electron chi connectivity index (χ2n) is 4.54. The van der Waals surface area contributed by atoms with Gasteiger partial charge in [0.1, 0.15) is 5.03 Å². The Hall–Kier alpha value is -0.580. The fraction of sp³-hybridized carbons (Fsp3) is 0.462. The maximum Gasteiger partial charge on any atom is 0.133 e. The molecule has 0 amide bonds. The Labute approximate surface area is 110 Å². The molecular formula is C13H16N2S2. The van der Waals surface area contributed by atoms with E-state index in [0.29, 0.717) is 6.04 Å². The molecule has 0 atom stereocenters. The Balaban J connectivity index is 1.68. The molecule has 1 aliphatic carbocycles. The van der Waals surface area contributed by atoms with Crippen molar-refractivity contribution in [2.75, 3.05) is 0 Å². The van der Waals surface area contributed by atoms with Crippen LogP contribution in [0.4, 0.5) is 0 Å². The lowest BCUT2D eigenvalue weighted by Crippen LogP contribution is -2.25. The largest absolute Gasteiger partial charge is 0.255 e. The lowest BCUT2D eigenvalue weighted by atomic mass is 9.96. The summed E-state index contributed by atoms with van der Waals surface area (Å²) >= 11 is 3.30. The Kier molecular flexibility index (Phi) is 3.64. The molecule has 1 aromatic heterocycles. The van der Waals surface area contributed by atoms with Crippen LogP contribution < -0.4 is 4.72 Å². The Morgan fingerprint density at radius 1 is 1.18 bits per heavy atom. The summed E-state index contributed by atoms with van der Waals surface area (Å²) in [5.41, 5.74) is 0. The van der Waals surface area contributed by atoms with E-state index in [4.69, 9.17) is 0 Å². The summed E-state index contributed by atoms with van der Waals surface area (Å²) in [6, 6.07) is 9.13. The Morgan fingerprint density at radius 2 is 2.00 bits per heavy atom. The molecule has 0 unspecified atom stereocenters. The minimum Gasteiger partial charge on any atom is -0.255 e. The molecule has 1 heterocycles. The number of hydrogen-bond acceptors (Lipinski definition) is 4. The van der Waals surface area contributed by atoms with Crippen LogP contribution in [-0.2, 0) is 0 Å². The first-order valence-electron chi connectivity index (χ1n) is 6.20. The minimum absolute atomic E-state index is 0.675. The maximum absolute atomic E-state index is 4.52. The lowest BCUT2D eigenvalue weighted by Gasteiger charge is -2.21. The summed E-state index contributed by atoms with van der Waals surface area (Å²) in [5, 5.41) is 2.42. The van der Waals surface area contributed by atoms with Gasteiger partial charge in [0.2, 0.25) is 0 Å². The zero-order chi connectivity index (χ0) is 11.5. The molecule has 0 spiro atoms. The molecule has 1 aromatic carbocycles. The van der Waals surface area contributed by atoms with Crippen LogP contribution in [0, 0.1) is 0 Å². The third-order valence-electron chi connectivity index (χ3n) is 3.27. The second kappa shape index (κ2) is 5.38. The molecule has 1 fully saturated rings. The first kappa shape index (κ1) is 11.5. The lowest BCUT2D eigenvalue weighted by molar-refractivity contribution is 0.423. The molecule has 2 nitrogen and oxygen atoms in total. The summed E-state index contributed by atoms with van der Waals surface area (Å²) in [7, 11) is 0. The predicted octanol–water partition coefficient (Wildman–Crippen LogP) is 4.23. The Morgan fingerprint density at radius 3 is 2.88 bits per heavy atom. The highest BCUT2D eigenvalue weighted by molar-refractivity contribution is 7.97. The van der Waals surface area contributed by atoms with Crippen LogP contribution in [0.2, 0.25) is 0 Å². The van der Waals surface area contributed by atoms with E-state index in [1.54, 1.807) is 23.5 Å². The van der Waals surface area contributed by atoms with Gasteiger partial charge in [-0.1, -0.05) is 37.5 Å². The van der Waals surface area contributed by atoms with Gasteiger partial charge in [-0.05, 0) is 42.4 Å². The normalized spacial score (nSPS) is 17.6. The molecular weight excluding hydrogens is 248 g/mol. The van der Waals surface area contributed by atoms with E-state index in [9.17, 15) is 0 Å². The SMILES string of the molecule is c1ccc2c(SNC3CCCCC3)nsc2c1. The van der Waals surface area contributed by atoms with Crippen LogP contribution in [0.3, 0.4) is 0 Å². The maximum atomic E-state index is 4.52. The highest BCUT2D eigenvalue weighted by Crippen LogP contribution is 2.29. The number of hydrogen-bond donors (Lipinski definition) is 1. The minimum atomic E-state index is 0.675. The average Bonchev–Trinajstić information content (AvgIpc) is 2.81. The highest BCUT2D eigenvalue weighted by Gasteiger charge is 2.14. The predicted molar refractivity (Wildman–Crippen MR) is 75.5 cm³/mol. The molecule has 4 heteroatoms. The van der Waals surface area contributed by atoms with Crippen molar-refractivity contribution in [3.05, 3.63) is 24.3 Å². The van der Waals surface area contributed by atoms with Gasteiger partial charge in [0.25, 0.3) is 0 Å². The first-order chi connectivity index (χ1) is 8.43. The van der Waals surface area contributed by atoms with Crippen molar-refractivity contribution in [1.82, 2.24) is 9.10 Å². The number of nitrogens with zero attached hydrogens (tertiary/aromatic N) is 1. The number of benzene rings is 1. The van der Waals surface area contributed by atoms with E-state index in [1.807, 2.05) is 0 Å². The van der Waals surface area contributed by atoms with Gasteiger partial charge in [-0.15, -0.1) is 0 Å². The van der Waals surface area contributed by atoms with Crippen molar-refractivity contribution in [3.8, 4) is 0 Å². The molecule has 2 aromatic rings. The summed E-state index contributed by atoms with van der Waals surface area (Å²) in [6.07, 6.45) is 6.78. The van der Waals surface area contributed by atoms with E-state index < -0.39 is 0 Å². The van der Waals surface area contributed by atoms with E-state index in [1.165, 1.54) is 42.2 Å². The molecule has 0 radical (unpaired) electrons. The van der Waals surface area contributed by atoms with Gasteiger partial charge < -0.3 is 0 Å². The van der Waals surface area contributed by atoms with Crippen molar-refractivity contribution in [3.63, 3.8) is 0 Å². The fourth-order valence-corrected chi connectivity index (χ4v) is 4.11. The van der Waals surface area contributed by atoms with Gasteiger partial charge in [0, 0.05) is 11.4 Å². The number of nitrogens with one attached hydrogen (secondary N) is 1. The fourth-order valence-electron chi connectivity index (χ4n) is 2.30. The highest BCUT2D eigenvalue weighted by atomic mass is 32.2. The monoisotopic (exact) mass is 264 g/mol. The van der Waals surface area contributed by atoms with E-state index >= 15 is 0 Å². The van der Waals surface area contributed by atoms with E-state index in [2.05, 4.69) is 33.4 Å². The van der Waals surface area contributed by atoms with Crippen molar-refractivity contribution < 1.29 is 0 Å². The molecule has 1 N–H and O–H groups in total. The average molecular weight is 264 g/mol. The van der Waals surface area contributed by atoms with Crippen LogP contribution in [0.15, 0.2) is 29.3 Å². The van der Waals surface area contributed by atoms with Gasteiger partial charge in [-0.2, -0.15) is 4.37 Å². The van der Waals surface area contributed by atoms with Gasteiger partial charge in [0.15, 0.2) is 0 Å². The molecule has 1 saturated carbocycles. The smallest absolute Gasteiger partial charge is 0.133 e. The molecule has 17 heavy (non-hydrogen) atoms. The zero-order valence-electron chi connectivity index (χ0n) is 9.69. The molecule has 0 aliphatic heterocycles. The standard InChI is InChI=1S/C13H16N2S2/c1-2-6-10(7-3-1)14-17-13-11-8-4-5-9-12(11)16-15-13/h4-5,8-10,14H,1-3,6-7H2. The van der Waals surface area contributed by atoms with Gasteiger partial charge in [0.05, 0.1) is 4.70 Å². The zero-order valence-corrected chi connectivity index (χ0v) is 11.3. The first-order valence-corrected chi connectivity index (χ1v) is 7.79. The van der Waals surface area contributed by atoms with Crippen molar-refractivity contribution in [2.24, 2.45) is 0 Å². The summed E-state index contributed by atoms with van der Waals surface area (Å²) in [5.74, 6) is 0. The van der Waals surface area contributed by atoms with Crippen molar-refractivity contribution >= 4 is 33.6 Å². The molecule has 0 saturated heterocycles. The van der Waals surface area contributed by atoms with Gasteiger partial charge in [-0.3, -0.25) is 4.72 Å². The van der Waals surface area contributed by atoms with Gasteiger partial charge in [-0.25, -0.2) is 0 Å². The van der Waals surface area contributed by atoms with Crippen molar-refractivity contribution in [1.29, 1.82) is 0 Å².